The van der Waals surface area contributed by atoms with Crippen LogP contribution in [0.1, 0.15) is 136 Å². The van der Waals surface area contributed by atoms with Crippen molar-refractivity contribution in [3.63, 3.8) is 0 Å². The molecule has 0 N–H and O–H groups in total. The molecule has 7 nitrogen and oxygen atoms in total. The minimum atomic E-state index is -0.518. The van der Waals surface area contributed by atoms with E-state index in [4.69, 9.17) is 14.2 Å². The fourth-order valence-corrected chi connectivity index (χ4v) is 9.91. The molecule has 0 fully saturated rings. The van der Waals surface area contributed by atoms with Crippen LogP contribution in [0.2, 0.25) is 0 Å². The fraction of sp³-hybridized carbons (Fsp3) is 0.444. The molecule has 0 unspecified atom stereocenters. The Morgan fingerprint density at radius 1 is 0.750 bits per heavy atom. The lowest BCUT2D eigenvalue weighted by atomic mass is 9.70. The van der Waals surface area contributed by atoms with Crippen LogP contribution in [0.3, 0.4) is 0 Å². The van der Waals surface area contributed by atoms with Gasteiger partial charge in [-0.25, -0.2) is 14.2 Å². The summed E-state index contributed by atoms with van der Waals surface area (Å²) in [6.45, 7) is 24.8. The lowest BCUT2D eigenvalue weighted by Gasteiger charge is -2.51. The van der Waals surface area contributed by atoms with E-state index in [-0.39, 0.29) is 27.5 Å². The molecule has 0 saturated carbocycles. The van der Waals surface area contributed by atoms with E-state index in [1.165, 1.54) is 58.7 Å². The molecule has 0 spiro atoms. The lowest BCUT2D eigenvalue weighted by Crippen LogP contribution is -2.56. The van der Waals surface area contributed by atoms with Crippen LogP contribution >= 0.6 is 0 Å². The number of ether oxygens (including phenoxy) is 3. The molecule has 7 heteroatoms. The maximum Gasteiger partial charge on any atom is 0.338 e. The van der Waals surface area contributed by atoms with Gasteiger partial charge in [-0.1, -0.05) is 39.8 Å². The number of allylic oxidation sites excluding steroid dienone is 2. The molecular formula is C45H51N2O5+. The highest BCUT2D eigenvalue weighted by Gasteiger charge is 2.48. The van der Waals surface area contributed by atoms with Crippen LogP contribution < -0.4 is 24.8 Å². The predicted molar refractivity (Wildman–Crippen MR) is 207 cm³/mol. The van der Waals surface area contributed by atoms with E-state index in [1.54, 1.807) is 12.1 Å². The van der Waals surface area contributed by atoms with Gasteiger partial charge in [-0.3, -0.25) is 0 Å². The van der Waals surface area contributed by atoms with E-state index in [2.05, 4.69) is 103 Å². The van der Waals surface area contributed by atoms with Gasteiger partial charge in [-0.05, 0) is 86.6 Å². The van der Waals surface area contributed by atoms with Gasteiger partial charge in [0.25, 0.3) is 0 Å². The summed E-state index contributed by atoms with van der Waals surface area (Å²) in [4.78, 5) is 29.2. The number of hydrogen-bond acceptors (Lipinski definition) is 6. The second-order valence-corrected chi connectivity index (χ2v) is 17.8. The number of rotatable bonds is 3. The van der Waals surface area contributed by atoms with Gasteiger partial charge in [0.05, 0.1) is 42.1 Å². The summed E-state index contributed by atoms with van der Waals surface area (Å²) in [7, 11) is 2.73. The number of carbonyl (C=O) groups excluding carboxylic acids is 2. The van der Waals surface area contributed by atoms with Gasteiger partial charge in [-0.15, -0.1) is 0 Å². The number of esters is 2. The summed E-state index contributed by atoms with van der Waals surface area (Å²) in [5.74, 6) is 0.665. The van der Waals surface area contributed by atoms with Crippen LogP contribution in [0.15, 0.2) is 42.5 Å². The van der Waals surface area contributed by atoms with Crippen LogP contribution in [0, 0.1) is 0 Å². The molecule has 0 bridgehead atoms. The predicted octanol–water partition coefficient (Wildman–Crippen LogP) is 7.66. The molecule has 5 heterocycles. The second kappa shape index (κ2) is 10.9. The number of fused-ring (bicyclic) bond motifs is 4. The molecule has 0 aromatic heterocycles. The standard InChI is InChI=1S/C45H51N2O5/c1-24-22-44(7,8)46-17-15-42(3,4)34-36(46)28(24)20-31-33(27-14-13-26(40(48)50-11)19-30(27)41(49)51-12)32-21-29-25(2)23-45(9,10)47-18-16-43(5,6)35(37(29)47)39(32)52-38(31)34/h13-14,19-23H,15-18H2,1-12H3/q+1. The summed E-state index contributed by atoms with van der Waals surface area (Å²) in [6, 6.07) is 9.81. The van der Waals surface area contributed by atoms with Crippen LogP contribution in [0.5, 0.6) is 11.5 Å². The highest BCUT2D eigenvalue weighted by Crippen LogP contribution is 2.57. The van der Waals surface area contributed by atoms with Gasteiger partial charge >= 0.3 is 11.9 Å². The smallest absolute Gasteiger partial charge is 0.338 e. The molecule has 3 aromatic rings. The Balaban J connectivity index is 1.62. The second-order valence-electron chi connectivity index (χ2n) is 17.8. The Kier molecular flexibility index (Phi) is 7.24. The van der Waals surface area contributed by atoms with E-state index in [1.807, 2.05) is 6.07 Å². The van der Waals surface area contributed by atoms with Gasteiger partial charge in [0.15, 0.2) is 5.54 Å². The van der Waals surface area contributed by atoms with Crippen molar-refractivity contribution in [3.8, 4) is 11.5 Å². The maximum atomic E-state index is 13.8. The zero-order valence-corrected chi connectivity index (χ0v) is 32.8. The Morgan fingerprint density at radius 2 is 1.42 bits per heavy atom. The van der Waals surface area contributed by atoms with Crippen LogP contribution in [0.4, 0.5) is 5.69 Å². The number of benzene rings is 3. The van der Waals surface area contributed by atoms with Crippen molar-refractivity contribution in [1.29, 1.82) is 0 Å². The van der Waals surface area contributed by atoms with Crippen LogP contribution in [0.25, 0.3) is 16.7 Å². The molecule has 270 valence electrons. The maximum absolute atomic E-state index is 13.8. The first-order valence-electron chi connectivity index (χ1n) is 18.6. The van der Waals surface area contributed by atoms with E-state index in [0.717, 1.165) is 53.8 Å². The van der Waals surface area contributed by atoms with Crippen molar-refractivity contribution < 1.29 is 23.8 Å². The van der Waals surface area contributed by atoms with Crippen molar-refractivity contribution in [3.05, 3.63) is 97.6 Å². The van der Waals surface area contributed by atoms with Crippen molar-refractivity contribution in [2.75, 3.05) is 32.2 Å². The van der Waals surface area contributed by atoms with E-state index < -0.39 is 11.9 Å². The summed E-state index contributed by atoms with van der Waals surface area (Å²) in [6.07, 6.45) is 6.68. The molecule has 0 atom stereocenters. The average molecular weight is 700 g/mol. The summed E-state index contributed by atoms with van der Waals surface area (Å²) >= 11 is 0. The van der Waals surface area contributed by atoms with Crippen molar-refractivity contribution in [2.45, 2.75) is 104 Å². The number of methoxy groups -OCH3 is 2. The zero-order chi connectivity index (χ0) is 37.4. The molecule has 3 aromatic carbocycles. The highest BCUT2D eigenvalue weighted by molar-refractivity contribution is 6.03. The lowest BCUT2D eigenvalue weighted by molar-refractivity contribution is 0.0599. The summed E-state index contributed by atoms with van der Waals surface area (Å²) < 4.78 is 20.6. The van der Waals surface area contributed by atoms with Crippen LogP contribution in [-0.2, 0) is 20.3 Å². The SMILES string of the molecule is COC(=O)c1ccc(C2=c3cc4c5c(c3Oc3c2cc2c6c3C(C)(C)CCN6C(C)(C)C=C2C)C(C)(C)CC[N+]=5C(C)(C)C=C4C)c(C(=O)OC)c1. The topological polar surface area (TPSA) is 68.1 Å². The van der Waals surface area contributed by atoms with Crippen molar-refractivity contribution in [1.82, 2.24) is 4.58 Å². The molecule has 5 aliphatic heterocycles. The molecule has 0 amide bonds. The Hall–Kier alpha value is -4.65. The molecule has 5 aliphatic rings. The third-order valence-corrected chi connectivity index (χ3v) is 12.6. The van der Waals surface area contributed by atoms with Gasteiger partial charge in [0, 0.05) is 65.3 Å². The highest BCUT2D eigenvalue weighted by atomic mass is 16.5. The molecule has 0 radical (unpaired) electrons. The Morgan fingerprint density at radius 3 is 2.12 bits per heavy atom. The first-order valence-corrected chi connectivity index (χ1v) is 18.6. The first-order chi connectivity index (χ1) is 24.3. The van der Waals surface area contributed by atoms with E-state index in [9.17, 15) is 9.59 Å². The van der Waals surface area contributed by atoms with Gasteiger partial charge < -0.3 is 19.1 Å². The summed E-state index contributed by atoms with van der Waals surface area (Å²) in [5, 5.41) is 2.18. The molecule has 8 rings (SSSR count). The Labute approximate surface area is 307 Å². The quantitative estimate of drug-likeness (QED) is 0.162. The molecule has 52 heavy (non-hydrogen) atoms. The average Bonchev–Trinajstić information content (AvgIpc) is 3.06. The third-order valence-electron chi connectivity index (χ3n) is 12.6. The number of hydrogen-bond donors (Lipinski definition) is 0. The van der Waals surface area contributed by atoms with Crippen molar-refractivity contribution >= 4 is 34.3 Å². The van der Waals surface area contributed by atoms with Gasteiger partial charge in [-0.2, -0.15) is 0 Å². The first kappa shape index (κ1) is 34.4. The van der Waals surface area contributed by atoms with E-state index in [0.29, 0.717) is 11.1 Å². The number of carbonyl (C=O) groups is 2. The minimum absolute atomic E-state index is 0.166. The van der Waals surface area contributed by atoms with Gasteiger partial charge in [0.2, 0.25) is 5.36 Å². The number of nitrogens with zero attached hydrogens (tertiary/aromatic N) is 2. The largest absolute Gasteiger partial charge is 0.465 e. The third kappa shape index (κ3) is 4.66. The molecule has 0 saturated heterocycles. The van der Waals surface area contributed by atoms with E-state index >= 15 is 0 Å². The molecular weight excluding hydrogens is 649 g/mol. The Bertz CT molecular complexity index is 2370. The van der Waals surface area contributed by atoms with Crippen LogP contribution in [-0.4, -0.2) is 50.3 Å². The normalized spacial score (nSPS) is 20.7. The van der Waals surface area contributed by atoms with Gasteiger partial charge in [0.1, 0.15) is 18.0 Å². The minimum Gasteiger partial charge on any atom is -0.465 e. The van der Waals surface area contributed by atoms with Crippen molar-refractivity contribution in [2.24, 2.45) is 0 Å². The molecule has 0 aliphatic carbocycles. The number of anilines is 1. The fourth-order valence-electron chi connectivity index (χ4n) is 9.91. The zero-order valence-electron chi connectivity index (χ0n) is 32.8. The monoisotopic (exact) mass is 699 g/mol. The summed E-state index contributed by atoms with van der Waals surface area (Å²) in [5.41, 5.74) is 10.8.